The lowest BCUT2D eigenvalue weighted by Crippen LogP contribution is -2.29. The quantitative estimate of drug-likeness (QED) is 0.790. The summed E-state index contributed by atoms with van der Waals surface area (Å²) in [7, 11) is 6.14. The van der Waals surface area contributed by atoms with Crippen LogP contribution in [0.4, 0.5) is 11.6 Å². The predicted octanol–water partition coefficient (Wildman–Crippen LogP) is 2.17. The number of hydrogen-bond donors (Lipinski definition) is 1. The van der Waals surface area contributed by atoms with E-state index in [1.165, 1.54) is 0 Å². The molecule has 0 amide bonds. The van der Waals surface area contributed by atoms with E-state index in [0.29, 0.717) is 0 Å². The molecule has 5 heteroatoms. The molecule has 0 unspecified atom stereocenters. The zero-order valence-electron chi connectivity index (χ0n) is 13.8. The van der Waals surface area contributed by atoms with Crippen molar-refractivity contribution in [2.24, 2.45) is 0 Å². The van der Waals surface area contributed by atoms with Gasteiger partial charge in [-0.2, -0.15) is 0 Å². The van der Waals surface area contributed by atoms with Gasteiger partial charge in [0.2, 0.25) is 0 Å². The van der Waals surface area contributed by atoms with Gasteiger partial charge in [0.15, 0.2) is 0 Å². The van der Waals surface area contributed by atoms with Gasteiger partial charge in [-0.15, -0.1) is 0 Å². The first-order chi connectivity index (χ1) is 9.53. The highest BCUT2D eigenvalue weighted by molar-refractivity contribution is 5.58. The Bertz CT molecular complexity index is 417. The lowest BCUT2D eigenvalue weighted by molar-refractivity contribution is 0.400. The van der Waals surface area contributed by atoms with Crippen molar-refractivity contribution in [3.8, 4) is 0 Å². The second-order valence-corrected chi connectivity index (χ2v) is 5.28. The SMILES string of the molecule is CCc1nc(NC)c(C)c(N(CC)CCCN(C)C)n1. The Balaban J connectivity index is 2.95. The highest BCUT2D eigenvalue weighted by atomic mass is 15.2. The first-order valence-corrected chi connectivity index (χ1v) is 7.48. The molecule has 114 valence electrons. The average molecular weight is 279 g/mol. The summed E-state index contributed by atoms with van der Waals surface area (Å²) in [6.07, 6.45) is 2.00. The zero-order chi connectivity index (χ0) is 15.1. The average Bonchev–Trinajstić information content (AvgIpc) is 2.44. The molecule has 5 nitrogen and oxygen atoms in total. The third kappa shape index (κ3) is 4.34. The van der Waals surface area contributed by atoms with Crippen molar-refractivity contribution in [2.75, 3.05) is 51.0 Å². The maximum absolute atomic E-state index is 4.73. The van der Waals surface area contributed by atoms with Gasteiger partial charge >= 0.3 is 0 Å². The third-order valence-corrected chi connectivity index (χ3v) is 3.43. The van der Waals surface area contributed by atoms with E-state index in [9.17, 15) is 0 Å². The van der Waals surface area contributed by atoms with Crippen LogP contribution in [-0.4, -0.2) is 55.6 Å². The zero-order valence-corrected chi connectivity index (χ0v) is 13.8. The number of nitrogens with one attached hydrogen (secondary N) is 1. The van der Waals surface area contributed by atoms with Gasteiger partial charge < -0.3 is 15.1 Å². The minimum absolute atomic E-state index is 0.858. The van der Waals surface area contributed by atoms with Crippen LogP contribution in [0.25, 0.3) is 0 Å². The van der Waals surface area contributed by atoms with Crippen LogP contribution in [0.3, 0.4) is 0 Å². The summed E-state index contributed by atoms with van der Waals surface area (Å²) >= 11 is 0. The van der Waals surface area contributed by atoms with Crippen LogP contribution in [0.5, 0.6) is 0 Å². The number of nitrogens with zero attached hydrogens (tertiary/aromatic N) is 4. The number of aromatic nitrogens is 2. The summed E-state index contributed by atoms with van der Waals surface area (Å²) in [5.41, 5.74) is 1.14. The highest BCUT2D eigenvalue weighted by Crippen LogP contribution is 2.23. The van der Waals surface area contributed by atoms with E-state index in [1.807, 2.05) is 7.05 Å². The van der Waals surface area contributed by atoms with Crippen molar-refractivity contribution >= 4 is 11.6 Å². The first kappa shape index (κ1) is 16.7. The highest BCUT2D eigenvalue weighted by Gasteiger charge is 2.14. The van der Waals surface area contributed by atoms with E-state index in [0.717, 1.165) is 55.5 Å². The smallest absolute Gasteiger partial charge is 0.137 e. The molecular formula is C15H29N5. The number of rotatable bonds is 8. The molecule has 20 heavy (non-hydrogen) atoms. The molecule has 0 aliphatic heterocycles. The summed E-state index contributed by atoms with van der Waals surface area (Å²) < 4.78 is 0. The maximum Gasteiger partial charge on any atom is 0.137 e. The van der Waals surface area contributed by atoms with Gasteiger partial charge in [0.1, 0.15) is 17.5 Å². The summed E-state index contributed by atoms with van der Waals surface area (Å²) in [4.78, 5) is 13.8. The van der Waals surface area contributed by atoms with Crippen molar-refractivity contribution in [1.82, 2.24) is 14.9 Å². The second kappa shape index (κ2) is 8.04. The molecule has 0 radical (unpaired) electrons. The van der Waals surface area contributed by atoms with E-state index < -0.39 is 0 Å². The van der Waals surface area contributed by atoms with Crippen LogP contribution in [0.2, 0.25) is 0 Å². The molecule has 0 aliphatic carbocycles. The van der Waals surface area contributed by atoms with Gasteiger partial charge in [0.25, 0.3) is 0 Å². The summed E-state index contributed by atoms with van der Waals surface area (Å²) in [6, 6.07) is 0. The fourth-order valence-corrected chi connectivity index (χ4v) is 2.25. The van der Waals surface area contributed by atoms with E-state index in [-0.39, 0.29) is 0 Å². The van der Waals surface area contributed by atoms with Crippen molar-refractivity contribution < 1.29 is 0 Å². The lowest BCUT2D eigenvalue weighted by atomic mass is 10.2. The second-order valence-electron chi connectivity index (χ2n) is 5.28. The van der Waals surface area contributed by atoms with Crippen LogP contribution in [-0.2, 0) is 6.42 Å². The third-order valence-electron chi connectivity index (χ3n) is 3.43. The molecule has 0 saturated heterocycles. The number of hydrogen-bond acceptors (Lipinski definition) is 5. The fourth-order valence-electron chi connectivity index (χ4n) is 2.25. The molecule has 1 N–H and O–H groups in total. The van der Waals surface area contributed by atoms with Crippen molar-refractivity contribution in [3.05, 3.63) is 11.4 Å². The largest absolute Gasteiger partial charge is 0.373 e. The molecule has 0 spiro atoms. The molecular weight excluding hydrogens is 250 g/mol. The van der Waals surface area contributed by atoms with E-state index in [1.54, 1.807) is 0 Å². The Hall–Kier alpha value is -1.36. The summed E-state index contributed by atoms with van der Waals surface area (Å²) in [5, 5.41) is 3.18. The minimum atomic E-state index is 0.858. The van der Waals surface area contributed by atoms with Gasteiger partial charge in [-0.25, -0.2) is 9.97 Å². The molecule has 0 fully saturated rings. The molecule has 1 aromatic rings. The van der Waals surface area contributed by atoms with Crippen molar-refractivity contribution in [1.29, 1.82) is 0 Å². The Morgan fingerprint density at radius 1 is 1.10 bits per heavy atom. The Morgan fingerprint density at radius 2 is 1.80 bits per heavy atom. The van der Waals surface area contributed by atoms with E-state index in [4.69, 9.17) is 4.98 Å². The normalized spacial score (nSPS) is 10.9. The standard InChI is InChI=1S/C15H29N5/c1-7-13-17-14(16-4)12(3)15(18-13)20(8-2)11-9-10-19(5)6/h7-11H2,1-6H3,(H,16,17,18). The monoisotopic (exact) mass is 279 g/mol. The molecule has 0 saturated carbocycles. The number of anilines is 2. The van der Waals surface area contributed by atoms with Gasteiger partial charge in [-0.1, -0.05) is 6.92 Å². The Labute approximate surface area is 123 Å². The van der Waals surface area contributed by atoms with Crippen LogP contribution in [0.1, 0.15) is 31.7 Å². The van der Waals surface area contributed by atoms with E-state index in [2.05, 4.69) is 55.0 Å². The van der Waals surface area contributed by atoms with Crippen LogP contribution < -0.4 is 10.2 Å². The van der Waals surface area contributed by atoms with Gasteiger partial charge in [-0.3, -0.25) is 0 Å². The summed E-state index contributed by atoms with van der Waals surface area (Å²) in [6.45, 7) is 9.46. The van der Waals surface area contributed by atoms with Gasteiger partial charge in [0.05, 0.1) is 0 Å². The fraction of sp³-hybridized carbons (Fsp3) is 0.733. The Morgan fingerprint density at radius 3 is 2.30 bits per heavy atom. The molecule has 0 atom stereocenters. The van der Waals surface area contributed by atoms with E-state index >= 15 is 0 Å². The molecule has 1 rings (SSSR count). The topological polar surface area (TPSA) is 44.3 Å². The van der Waals surface area contributed by atoms with Crippen molar-refractivity contribution in [2.45, 2.75) is 33.6 Å². The lowest BCUT2D eigenvalue weighted by Gasteiger charge is -2.25. The molecule has 1 aromatic heterocycles. The van der Waals surface area contributed by atoms with Crippen molar-refractivity contribution in [3.63, 3.8) is 0 Å². The molecule has 1 heterocycles. The molecule has 0 bridgehead atoms. The molecule has 0 aromatic carbocycles. The van der Waals surface area contributed by atoms with Gasteiger partial charge in [-0.05, 0) is 40.9 Å². The van der Waals surface area contributed by atoms with Crippen LogP contribution >= 0.6 is 0 Å². The minimum Gasteiger partial charge on any atom is -0.373 e. The predicted molar refractivity (Wildman–Crippen MR) is 86.8 cm³/mol. The first-order valence-electron chi connectivity index (χ1n) is 7.48. The van der Waals surface area contributed by atoms with Gasteiger partial charge in [0, 0.05) is 32.1 Å². The Kier molecular flexibility index (Phi) is 6.71. The number of aryl methyl sites for hydroxylation is 1. The van der Waals surface area contributed by atoms with Crippen LogP contribution in [0, 0.1) is 6.92 Å². The van der Waals surface area contributed by atoms with Crippen LogP contribution in [0.15, 0.2) is 0 Å². The summed E-state index contributed by atoms with van der Waals surface area (Å²) in [5.74, 6) is 2.92. The molecule has 0 aliphatic rings. The maximum atomic E-state index is 4.73.